The molecule has 2 amide bonds. The molecule has 5 rings (SSSR count). The van der Waals surface area contributed by atoms with Crippen molar-refractivity contribution in [2.45, 2.75) is 13.0 Å². The lowest BCUT2D eigenvalue weighted by atomic mass is 10.1. The summed E-state index contributed by atoms with van der Waals surface area (Å²) < 4.78 is 13.0. The molecule has 0 unspecified atom stereocenters. The number of nitrogens with one attached hydrogen (secondary N) is 1. The summed E-state index contributed by atoms with van der Waals surface area (Å²) in [4.78, 5) is 31.4. The summed E-state index contributed by atoms with van der Waals surface area (Å²) in [6.07, 6.45) is 7.13. The summed E-state index contributed by atoms with van der Waals surface area (Å²) in [6.45, 7) is 1.54. The van der Waals surface area contributed by atoms with Gasteiger partial charge in [-0.05, 0) is 48.9 Å². The summed E-state index contributed by atoms with van der Waals surface area (Å²) in [6, 6.07) is 16.3. The zero-order valence-corrected chi connectivity index (χ0v) is 19.8. The lowest BCUT2D eigenvalue weighted by Gasteiger charge is -2.27. The third kappa shape index (κ3) is 4.90. The monoisotopic (exact) mass is 483 g/mol. The Morgan fingerprint density at radius 3 is 2.67 bits per heavy atom. The Hall–Kier alpha value is -4.66. The Bertz CT molecular complexity index is 1370. The van der Waals surface area contributed by atoms with E-state index in [9.17, 15) is 9.59 Å². The van der Waals surface area contributed by atoms with Crippen LogP contribution < -0.4 is 14.8 Å². The van der Waals surface area contributed by atoms with E-state index in [2.05, 4.69) is 15.4 Å². The third-order valence-corrected chi connectivity index (χ3v) is 5.89. The fourth-order valence-corrected chi connectivity index (χ4v) is 4.07. The summed E-state index contributed by atoms with van der Waals surface area (Å²) in [5, 5.41) is 7.13. The molecule has 0 saturated carbocycles. The number of aromatic nitrogens is 3. The maximum Gasteiger partial charge on any atom is 0.257 e. The Morgan fingerprint density at radius 2 is 1.89 bits per heavy atom. The molecule has 9 nitrogen and oxygen atoms in total. The van der Waals surface area contributed by atoms with Gasteiger partial charge in [-0.25, -0.2) is 4.68 Å². The van der Waals surface area contributed by atoms with Crippen LogP contribution in [0.5, 0.6) is 11.5 Å². The van der Waals surface area contributed by atoms with E-state index in [-0.39, 0.29) is 11.8 Å². The summed E-state index contributed by atoms with van der Waals surface area (Å²) in [7, 11) is 1.61. The molecule has 2 aromatic carbocycles. The van der Waals surface area contributed by atoms with Gasteiger partial charge in [0.15, 0.2) is 11.5 Å². The molecule has 0 spiro atoms. The molecule has 3 heterocycles. The predicted molar refractivity (Wildman–Crippen MR) is 134 cm³/mol. The first-order valence-corrected chi connectivity index (χ1v) is 11.6. The Balaban J connectivity index is 1.29. The molecule has 2 aromatic heterocycles. The number of methoxy groups -OCH3 is 1. The molecule has 0 aliphatic carbocycles. The van der Waals surface area contributed by atoms with E-state index in [1.807, 2.05) is 35.2 Å². The van der Waals surface area contributed by atoms with E-state index >= 15 is 0 Å². The molecule has 0 bridgehead atoms. The van der Waals surface area contributed by atoms with Gasteiger partial charge < -0.3 is 19.7 Å². The highest BCUT2D eigenvalue weighted by Gasteiger charge is 2.22. The molecule has 0 saturated heterocycles. The van der Waals surface area contributed by atoms with Crippen LogP contribution in [0.25, 0.3) is 5.69 Å². The number of ether oxygens (including phenoxy) is 2. The van der Waals surface area contributed by atoms with E-state index in [1.54, 1.807) is 54.6 Å². The van der Waals surface area contributed by atoms with E-state index in [0.29, 0.717) is 48.0 Å². The van der Waals surface area contributed by atoms with Crippen LogP contribution in [0.2, 0.25) is 0 Å². The van der Waals surface area contributed by atoms with Crippen molar-refractivity contribution in [2.24, 2.45) is 0 Å². The van der Waals surface area contributed by atoms with Gasteiger partial charge in [-0.1, -0.05) is 12.1 Å². The second-order valence-corrected chi connectivity index (χ2v) is 8.29. The number of hydrogen-bond donors (Lipinski definition) is 1. The molecule has 182 valence electrons. The molecule has 1 N–H and O–H groups in total. The normalized spacial score (nSPS) is 13.1. The van der Waals surface area contributed by atoms with Gasteiger partial charge in [0.05, 0.1) is 43.0 Å². The smallest absolute Gasteiger partial charge is 0.257 e. The zero-order valence-electron chi connectivity index (χ0n) is 19.8. The molecule has 0 radical (unpaired) electrons. The van der Waals surface area contributed by atoms with Gasteiger partial charge in [0.2, 0.25) is 0 Å². The number of rotatable bonds is 5. The molecule has 4 aromatic rings. The van der Waals surface area contributed by atoms with Gasteiger partial charge in [-0.15, -0.1) is 0 Å². The second-order valence-electron chi connectivity index (χ2n) is 8.29. The van der Waals surface area contributed by atoms with Gasteiger partial charge in [0.1, 0.15) is 0 Å². The number of hydrogen-bond acceptors (Lipinski definition) is 6. The predicted octanol–water partition coefficient (Wildman–Crippen LogP) is 3.95. The Morgan fingerprint density at radius 1 is 1.03 bits per heavy atom. The maximum atomic E-state index is 13.3. The Kier molecular flexibility index (Phi) is 6.61. The molecule has 1 aliphatic heterocycles. The second kappa shape index (κ2) is 10.3. The Labute approximate surface area is 208 Å². The number of fused-ring (bicyclic) bond motifs is 1. The van der Waals surface area contributed by atoms with E-state index in [4.69, 9.17) is 9.47 Å². The van der Waals surface area contributed by atoms with Crippen molar-refractivity contribution in [1.29, 1.82) is 0 Å². The topological polar surface area (TPSA) is 98.6 Å². The quantitative estimate of drug-likeness (QED) is 0.462. The molecule has 1 aliphatic rings. The number of pyridine rings is 1. The first-order valence-electron chi connectivity index (χ1n) is 11.6. The number of para-hydroxylation sites is 1. The summed E-state index contributed by atoms with van der Waals surface area (Å²) in [5.74, 6) is 1.04. The lowest BCUT2D eigenvalue weighted by molar-refractivity contribution is 0.0721. The maximum absolute atomic E-state index is 13.3. The van der Waals surface area contributed by atoms with Crippen molar-refractivity contribution in [3.8, 4) is 17.2 Å². The van der Waals surface area contributed by atoms with E-state index in [0.717, 1.165) is 17.7 Å². The molecule has 36 heavy (non-hydrogen) atoms. The van der Waals surface area contributed by atoms with E-state index in [1.165, 1.54) is 6.20 Å². The van der Waals surface area contributed by atoms with Crippen molar-refractivity contribution < 1.29 is 19.1 Å². The SMILES string of the molecule is COc1cccc2c1OCCCN(C(=O)c1ccc(-n3cc(NC(=O)c4cccnc4)cn3)cc1)C2. The lowest BCUT2D eigenvalue weighted by Crippen LogP contribution is -2.33. The van der Waals surface area contributed by atoms with Gasteiger partial charge in [-0.2, -0.15) is 5.10 Å². The molecule has 0 fully saturated rings. The fourth-order valence-electron chi connectivity index (χ4n) is 4.07. The van der Waals surface area contributed by atoms with Crippen molar-refractivity contribution in [3.05, 3.63) is 96.1 Å². The molecule has 0 atom stereocenters. The van der Waals surface area contributed by atoms with Crippen LogP contribution in [0.1, 0.15) is 32.7 Å². The van der Waals surface area contributed by atoms with Crippen molar-refractivity contribution in [1.82, 2.24) is 19.7 Å². The van der Waals surface area contributed by atoms with Gasteiger partial charge in [0, 0.05) is 36.6 Å². The van der Waals surface area contributed by atoms with E-state index < -0.39 is 0 Å². The fraction of sp³-hybridized carbons (Fsp3) is 0.185. The van der Waals surface area contributed by atoms with Crippen LogP contribution in [0.3, 0.4) is 0 Å². The number of anilines is 1. The van der Waals surface area contributed by atoms with Crippen LogP contribution in [0.15, 0.2) is 79.4 Å². The van der Waals surface area contributed by atoms with Gasteiger partial charge >= 0.3 is 0 Å². The molecular weight excluding hydrogens is 458 g/mol. The van der Waals surface area contributed by atoms with Gasteiger partial charge in [-0.3, -0.25) is 14.6 Å². The highest BCUT2D eigenvalue weighted by atomic mass is 16.5. The van der Waals surface area contributed by atoms with Crippen LogP contribution in [0.4, 0.5) is 5.69 Å². The highest BCUT2D eigenvalue weighted by molar-refractivity contribution is 6.03. The van der Waals surface area contributed by atoms with Gasteiger partial charge in [0.25, 0.3) is 11.8 Å². The summed E-state index contributed by atoms with van der Waals surface area (Å²) in [5.41, 5.74) is 3.29. The van der Waals surface area contributed by atoms with Crippen LogP contribution in [-0.2, 0) is 6.54 Å². The van der Waals surface area contributed by atoms with Crippen molar-refractivity contribution in [3.63, 3.8) is 0 Å². The van der Waals surface area contributed by atoms with Crippen molar-refractivity contribution in [2.75, 3.05) is 25.6 Å². The van der Waals surface area contributed by atoms with Crippen LogP contribution in [-0.4, -0.2) is 51.7 Å². The molecule has 9 heteroatoms. The standard InChI is InChI=1S/C27H25N5O4/c1-35-24-7-2-5-21-17-31(13-4-14-36-25(21)24)27(34)19-8-10-23(11-9-19)32-18-22(16-29-32)30-26(33)20-6-3-12-28-15-20/h2-3,5-12,15-16,18H,4,13-14,17H2,1H3,(H,30,33). The van der Waals surface area contributed by atoms with Crippen molar-refractivity contribution >= 4 is 17.5 Å². The minimum atomic E-state index is -0.263. The third-order valence-electron chi connectivity index (χ3n) is 5.89. The van der Waals surface area contributed by atoms with Crippen LogP contribution >= 0.6 is 0 Å². The minimum Gasteiger partial charge on any atom is -0.493 e. The largest absolute Gasteiger partial charge is 0.493 e. The molecular formula is C27H25N5O4. The highest BCUT2D eigenvalue weighted by Crippen LogP contribution is 2.33. The number of amides is 2. The number of nitrogens with zero attached hydrogens (tertiary/aromatic N) is 4. The first kappa shape index (κ1) is 23.1. The number of benzene rings is 2. The zero-order chi connectivity index (χ0) is 24.9. The number of carbonyl (C=O) groups is 2. The average molecular weight is 484 g/mol. The number of carbonyl (C=O) groups excluding carboxylic acids is 2. The average Bonchev–Trinajstić information content (AvgIpc) is 3.37. The summed E-state index contributed by atoms with van der Waals surface area (Å²) >= 11 is 0. The minimum absolute atomic E-state index is 0.0536. The first-order chi connectivity index (χ1) is 17.6. The van der Waals surface area contributed by atoms with Crippen LogP contribution in [0, 0.1) is 0 Å².